The fraction of sp³-hybridized carbons (Fsp3) is 0.318. The number of likely N-dealkylation sites (tertiary alicyclic amines) is 1. The van der Waals surface area contributed by atoms with Gasteiger partial charge in [0.1, 0.15) is 11.9 Å². The first-order valence-electron chi connectivity index (χ1n) is 9.95. The molecule has 0 unspecified atom stereocenters. The van der Waals surface area contributed by atoms with Crippen LogP contribution in [0.15, 0.2) is 30.5 Å². The Labute approximate surface area is 172 Å². The Morgan fingerprint density at radius 2 is 1.93 bits per heavy atom. The van der Waals surface area contributed by atoms with Crippen LogP contribution in [0.5, 0.6) is 0 Å². The summed E-state index contributed by atoms with van der Waals surface area (Å²) in [4.78, 5) is 6.61. The van der Waals surface area contributed by atoms with E-state index in [0.717, 1.165) is 37.3 Å². The molecule has 150 valence electrons. The minimum absolute atomic E-state index is 0.309. The van der Waals surface area contributed by atoms with Gasteiger partial charge in [-0.1, -0.05) is 0 Å². The van der Waals surface area contributed by atoms with Crippen molar-refractivity contribution in [3.05, 3.63) is 53.2 Å². The minimum Gasteiger partial charge on any atom is -0.306 e. The number of aromatic nitrogens is 5. The first kappa shape index (κ1) is 18.6. The van der Waals surface area contributed by atoms with Gasteiger partial charge in [-0.05, 0) is 64.2 Å². The second-order valence-electron chi connectivity index (χ2n) is 7.94. The number of nitriles is 1. The molecule has 0 atom stereocenters. The Bertz CT molecular complexity index is 1310. The summed E-state index contributed by atoms with van der Waals surface area (Å²) in [7, 11) is 2.11. The van der Waals surface area contributed by atoms with E-state index in [1.165, 1.54) is 6.07 Å². The average molecular weight is 401 g/mol. The van der Waals surface area contributed by atoms with Crippen molar-refractivity contribution < 1.29 is 4.39 Å². The van der Waals surface area contributed by atoms with Gasteiger partial charge < -0.3 is 4.90 Å². The first-order valence-corrected chi connectivity index (χ1v) is 9.95. The van der Waals surface area contributed by atoms with Crippen molar-refractivity contribution in [1.29, 1.82) is 5.26 Å². The molecule has 5 rings (SSSR count). The fourth-order valence-corrected chi connectivity index (χ4v) is 4.08. The number of halogens is 1. The van der Waals surface area contributed by atoms with E-state index in [1.807, 2.05) is 13.0 Å². The molecule has 3 aromatic heterocycles. The molecule has 4 aromatic rings. The number of rotatable bonds is 2. The van der Waals surface area contributed by atoms with E-state index >= 15 is 4.39 Å². The van der Waals surface area contributed by atoms with Crippen LogP contribution in [0.1, 0.15) is 35.7 Å². The number of hydrogen-bond donors (Lipinski definition) is 0. The van der Waals surface area contributed by atoms with Crippen LogP contribution >= 0.6 is 0 Å². The maximum Gasteiger partial charge on any atom is 0.171 e. The number of benzene rings is 1. The topological polar surface area (TPSA) is 83.0 Å². The molecule has 0 saturated carbocycles. The Kier molecular flexibility index (Phi) is 4.40. The predicted molar refractivity (Wildman–Crippen MR) is 110 cm³/mol. The van der Waals surface area contributed by atoms with Gasteiger partial charge >= 0.3 is 0 Å². The largest absolute Gasteiger partial charge is 0.306 e. The van der Waals surface area contributed by atoms with Gasteiger partial charge in [0.2, 0.25) is 0 Å². The summed E-state index contributed by atoms with van der Waals surface area (Å²) in [6, 6.07) is 8.81. The summed E-state index contributed by atoms with van der Waals surface area (Å²) in [6.07, 6.45) is 3.74. The summed E-state index contributed by atoms with van der Waals surface area (Å²) in [5.74, 6) is -0.0577. The molecular formula is C22H20FN7. The molecule has 4 heterocycles. The SMILES string of the molecule is Cc1cn2nc(-c3cc(F)c4cc(C5CCN(C)CC5)nnc4c3)cc(C#N)c2n1. The van der Waals surface area contributed by atoms with Crippen molar-refractivity contribution in [3.8, 4) is 17.3 Å². The number of nitrogens with zero attached hydrogens (tertiary/aromatic N) is 7. The lowest BCUT2D eigenvalue weighted by Gasteiger charge is -2.28. The van der Waals surface area contributed by atoms with E-state index in [0.29, 0.717) is 39.3 Å². The van der Waals surface area contributed by atoms with E-state index in [9.17, 15) is 5.26 Å². The first-order chi connectivity index (χ1) is 14.5. The van der Waals surface area contributed by atoms with Crippen LogP contribution in [0.4, 0.5) is 4.39 Å². The summed E-state index contributed by atoms with van der Waals surface area (Å²) < 4.78 is 16.6. The normalized spacial score (nSPS) is 15.7. The standard InChI is InChI=1S/C22H20FN7/c1-13-12-30-22(25-13)16(11-24)9-20(28-30)15-7-18(23)17-10-19(26-27-21(17)8-15)14-3-5-29(2)6-4-14/h7-10,12,14H,3-6H2,1-2H3. The highest BCUT2D eigenvalue weighted by molar-refractivity contribution is 5.84. The van der Waals surface area contributed by atoms with Crippen LogP contribution in [0.3, 0.4) is 0 Å². The van der Waals surface area contributed by atoms with Gasteiger partial charge in [0.05, 0.1) is 34.4 Å². The quantitative estimate of drug-likeness (QED) is 0.511. The Balaban J connectivity index is 1.57. The molecule has 30 heavy (non-hydrogen) atoms. The molecule has 7 nitrogen and oxygen atoms in total. The fourth-order valence-electron chi connectivity index (χ4n) is 4.08. The summed E-state index contributed by atoms with van der Waals surface area (Å²) >= 11 is 0. The minimum atomic E-state index is -0.367. The van der Waals surface area contributed by atoms with Crippen molar-refractivity contribution in [1.82, 2.24) is 29.7 Å². The van der Waals surface area contributed by atoms with Crippen molar-refractivity contribution >= 4 is 16.6 Å². The predicted octanol–water partition coefficient (Wildman–Crippen LogP) is 3.47. The Morgan fingerprint density at radius 1 is 1.13 bits per heavy atom. The third kappa shape index (κ3) is 3.17. The van der Waals surface area contributed by atoms with Crippen LogP contribution in [0.25, 0.3) is 27.8 Å². The number of aryl methyl sites for hydroxylation is 1. The molecule has 1 saturated heterocycles. The van der Waals surface area contributed by atoms with Crippen LogP contribution < -0.4 is 0 Å². The van der Waals surface area contributed by atoms with Crippen molar-refractivity contribution in [2.45, 2.75) is 25.7 Å². The van der Waals surface area contributed by atoms with Crippen LogP contribution in [-0.2, 0) is 0 Å². The summed E-state index contributed by atoms with van der Waals surface area (Å²) in [5, 5.41) is 23.2. The highest BCUT2D eigenvalue weighted by Gasteiger charge is 2.21. The van der Waals surface area contributed by atoms with Crippen molar-refractivity contribution in [2.75, 3.05) is 20.1 Å². The molecular weight excluding hydrogens is 381 g/mol. The molecule has 1 aromatic carbocycles. The molecule has 0 radical (unpaired) electrons. The van der Waals surface area contributed by atoms with Gasteiger partial charge in [0.15, 0.2) is 5.65 Å². The number of imidazole rings is 1. The Hall–Kier alpha value is -3.44. The lowest BCUT2D eigenvalue weighted by Crippen LogP contribution is -2.29. The molecule has 0 spiro atoms. The third-order valence-corrected chi connectivity index (χ3v) is 5.77. The maximum absolute atomic E-state index is 15.1. The molecule has 1 aliphatic rings. The highest BCUT2D eigenvalue weighted by Crippen LogP contribution is 2.30. The van der Waals surface area contributed by atoms with E-state index < -0.39 is 0 Å². The van der Waals surface area contributed by atoms with E-state index in [1.54, 1.807) is 22.8 Å². The smallest absolute Gasteiger partial charge is 0.171 e. The summed E-state index contributed by atoms with van der Waals surface area (Å²) in [5.41, 5.74) is 3.99. The molecule has 1 fully saturated rings. The third-order valence-electron chi connectivity index (χ3n) is 5.77. The van der Waals surface area contributed by atoms with E-state index in [4.69, 9.17) is 0 Å². The van der Waals surface area contributed by atoms with Gasteiger partial charge in [-0.3, -0.25) is 0 Å². The van der Waals surface area contributed by atoms with Gasteiger partial charge in [-0.15, -0.1) is 0 Å². The zero-order valence-electron chi connectivity index (χ0n) is 16.8. The average Bonchev–Trinajstić information content (AvgIpc) is 3.13. The van der Waals surface area contributed by atoms with Gasteiger partial charge in [0, 0.05) is 16.9 Å². The van der Waals surface area contributed by atoms with Gasteiger partial charge in [-0.2, -0.15) is 20.6 Å². The van der Waals surface area contributed by atoms with Crippen LogP contribution in [-0.4, -0.2) is 49.8 Å². The van der Waals surface area contributed by atoms with Gasteiger partial charge in [0.25, 0.3) is 0 Å². The van der Waals surface area contributed by atoms with Crippen molar-refractivity contribution in [2.24, 2.45) is 0 Å². The second kappa shape index (κ2) is 7.11. The monoisotopic (exact) mass is 401 g/mol. The number of piperidine rings is 1. The molecule has 0 amide bonds. The van der Waals surface area contributed by atoms with Crippen molar-refractivity contribution in [3.63, 3.8) is 0 Å². The lowest BCUT2D eigenvalue weighted by atomic mass is 9.93. The van der Waals surface area contributed by atoms with E-state index in [2.05, 4.69) is 38.3 Å². The maximum atomic E-state index is 15.1. The highest BCUT2D eigenvalue weighted by atomic mass is 19.1. The van der Waals surface area contributed by atoms with Gasteiger partial charge in [-0.25, -0.2) is 13.9 Å². The Morgan fingerprint density at radius 3 is 2.70 bits per heavy atom. The number of hydrogen-bond acceptors (Lipinski definition) is 6. The number of fused-ring (bicyclic) bond motifs is 2. The van der Waals surface area contributed by atoms with E-state index in [-0.39, 0.29) is 5.82 Å². The molecule has 1 aliphatic heterocycles. The molecule has 8 heteroatoms. The van der Waals surface area contributed by atoms with Crippen LogP contribution in [0.2, 0.25) is 0 Å². The zero-order valence-corrected chi connectivity index (χ0v) is 16.8. The lowest BCUT2D eigenvalue weighted by molar-refractivity contribution is 0.253. The zero-order chi connectivity index (χ0) is 20.8. The summed E-state index contributed by atoms with van der Waals surface area (Å²) in [6.45, 7) is 3.85. The van der Waals surface area contributed by atoms with Crippen LogP contribution in [0, 0.1) is 24.1 Å². The molecule has 0 bridgehead atoms. The second-order valence-corrected chi connectivity index (χ2v) is 7.94. The molecule has 0 aliphatic carbocycles. The molecule has 0 N–H and O–H groups in total.